The van der Waals surface area contributed by atoms with Crippen LogP contribution in [0.2, 0.25) is 0 Å². The Hall–Kier alpha value is -0.970. The summed E-state index contributed by atoms with van der Waals surface area (Å²) in [7, 11) is 2.11. The van der Waals surface area contributed by atoms with Gasteiger partial charge in [0, 0.05) is 32.4 Å². The molecule has 0 unspecified atom stereocenters. The Bertz CT molecular complexity index is 366. The summed E-state index contributed by atoms with van der Waals surface area (Å²) in [5, 5.41) is 0. The molecular formula is C14H23N3O. The van der Waals surface area contributed by atoms with Crippen LogP contribution in [0.5, 0.6) is 0 Å². The second-order valence-electron chi connectivity index (χ2n) is 5.12. The summed E-state index contributed by atoms with van der Waals surface area (Å²) in [6.45, 7) is 4.15. The first-order valence-corrected chi connectivity index (χ1v) is 6.68. The van der Waals surface area contributed by atoms with Crippen LogP contribution in [0.4, 0.5) is 0 Å². The smallest absolute Gasteiger partial charge is 0.0593 e. The maximum Gasteiger partial charge on any atom is 0.0593 e. The van der Waals surface area contributed by atoms with E-state index in [-0.39, 0.29) is 0 Å². The Labute approximate surface area is 109 Å². The zero-order valence-corrected chi connectivity index (χ0v) is 11.1. The number of pyridine rings is 1. The zero-order chi connectivity index (χ0) is 12.8. The van der Waals surface area contributed by atoms with E-state index in [2.05, 4.69) is 23.0 Å². The fraction of sp³-hybridized carbons (Fsp3) is 0.643. The Morgan fingerprint density at radius 1 is 1.50 bits per heavy atom. The standard InChI is InChI=1S/C14H23N3O/c1-17(6-7-18-11-12-2-3-12)10-13-4-5-16-14(8-13)9-15/h4-5,8,12H,2-3,6-7,9-11,15H2,1H3. The molecule has 1 aromatic heterocycles. The third-order valence-corrected chi connectivity index (χ3v) is 3.21. The molecule has 0 radical (unpaired) electrons. The monoisotopic (exact) mass is 249 g/mol. The van der Waals surface area contributed by atoms with Crippen LogP contribution in [-0.2, 0) is 17.8 Å². The molecule has 4 heteroatoms. The lowest BCUT2D eigenvalue weighted by Gasteiger charge is -2.17. The van der Waals surface area contributed by atoms with E-state index in [4.69, 9.17) is 10.5 Å². The van der Waals surface area contributed by atoms with Crippen molar-refractivity contribution in [1.82, 2.24) is 9.88 Å². The number of rotatable bonds is 8. The molecule has 18 heavy (non-hydrogen) atoms. The summed E-state index contributed by atoms with van der Waals surface area (Å²) >= 11 is 0. The quantitative estimate of drug-likeness (QED) is 0.708. The van der Waals surface area contributed by atoms with E-state index < -0.39 is 0 Å². The first-order valence-electron chi connectivity index (χ1n) is 6.68. The van der Waals surface area contributed by atoms with Gasteiger partial charge in [0.05, 0.1) is 12.3 Å². The van der Waals surface area contributed by atoms with Gasteiger partial charge in [-0.3, -0.25) is 9.88 Å². The van der Waals surface area contributed by atoms with Crippen molar-refractivity contribution in [3.8, 4) is 0 Å². The van der Waals surface area contributed by atoms with E-state index >= 15 is 0 Å². The molecule has 1 aliphatic rings. The molecule has 1 saturated carbocycles. The van der Waals surface area contributed by atoms with Crippen LogP contribution in [-0.4, -0.2) is 36.7 Å². The van der Waals surface area contributed by atoms with Crippen LogP contribution < -0.4 is 5.73 Å². The summed E-state index contributed by atoms with van der Waals surface area (Å²) in [6.07, 6.45) is 4.54. The van der Waals surface area contributed by atoms with Gasteiger partial charge in [-0.05, 0) is 43.5 Å². The number of ether oxygens (including phenoxy) is 1. The van der Waals surface area contributed by atoms with Crippen molar-refractivity contribution in [3.63, 3.8) is 0 Å². The summed E-state index contributed by atoms with van der Waals surface area (Å²) in [6, 6.07) is 4.11. The minimum absolute atomic E-state index is 0.502. The Morgan fingerprint density at radius 3 is 3.06 bits per heavy atom. The van der Waals surface area contributed by atoms with Crippen molar-refractivity contribution >= 4 is 0 Å². The van der Waals surface area contributed by atoms with Crippen molar-refractivity contribution in [2.24, 2.45) is 11.7 Å². The van der Waals surface area contributed by atoms with E-state index in [1.807, 2.05) is 12.3 Å². The maximum atomic E-state index is 5.64. The molecule has 0 aromatic carbocycles. The molecular weight excluding hydrogens is 226 g/mol. The lowest BCUT2D eigenvalue weighted by atomic mass is 10.2. The highest BCUT2D eigenvalue weighted by Crippen LogP contribution is 2.28. The highest BCUT2D eigenvalue weighted by molar-refractivity contribution is 5.16. The number of likely N-dealkylation sites (N-methyl/N-ethyl adjacent to an activating group) is 1. The molecule has 100 valence electrons. The van der Waals surface area contributed by atoms with Crippen molar-refractivity contribution in [2.45, 2.75) is 25.9 Å². The lowest BCUT2D eigenvalue weighted by Crippen LogP contribution is -2.23. The van der Waals surface area contributed by atoms with Gasteiger partial charge in [-0.25, -0.2) is 0 Å². The van der Waals surface area contributed by atoms with Gasteiger partial charge < -0.3 is 10.5 Å². The first kappa shape index (κ1) is 13.5. The second kappa shape index (κ2) is 6.83. The van der Waals surface area contributed by atoms with Crippen LogP contribution in [0.1, 0.15) is 24.1 Å². The number of hydrogen-bond donors (Lipinski definition) is 1. The number of nitrogens with zero attached hydrogens (tertiary/aromatic N) is 2. The molecule has 2 rings (SSSR count). The molecule has 1 aromatic rings. The van der Waals surface area contributed by atoms with Crippen molar-refractivity contribution in [2.75, 3.05) is 26.8 Å². The number of aromatic nitrogens is 1. The van der Waals surface area contributed by atoms with Gasteiger partial charge >= 0.3 is 0 Å². The third-order valence-electron chi connectivity index (χ3n) is 3.21. The van der Waals surface area contributed by atoms with Gasteiger partial charge in [0.2, 0.25) is 0 Å². The fourth-order valence-corrected chi connectivity index (χ4v) is 1.88. The molecule has 2 N–H and O–H groups in total. The van der Waals surface area contributed by atoms with Crippen molar-refractivity contribution in [1.29, 1.82) is 0 Å². The average molecular weight is 249 g/mol. The molecule has 0 bridgehead atoms. The molecule has 0 atom stereocenters. The predicted octanol–water partition coefficient (Wildman–Crippen LogP) is 1.40. The summed E-state index contributed by atoms with van der Waals surface area (Å²) in [4.78, 5) is 6.47. The SMILES string of the molecule is CN(CCOCC1CC1)Cc1ccnc(CN)c1. The van der Waals surface area contributed by atoms with E-state index in [0.717, 1.165) is 37.9 Å². The Balaban J connectivity index is 1.66. The average Bonchev–Trinajstić information content (AvgIpc) is 3.19. The minimum atomic E-state index is 0.502. The van der Waals surface area contributed by atoms with Gasteiger partial charge in [0.15, 0.2) is 0 Å². The van der Waals surface area contributed by atoms with Gasteiger partial charge in [0.25, 0.3) is 0 Å². The van der Waals surface area contributed by atoms with E-state index in [9.17, 15) is 0 Å². The number of nitrogens with two attached hydrogens (primary N) is 1. The highest BCUT2D eigenvalue weighted by Gasteiger charge is 2.20. The largest absolute Gasteiger partial charge is 0.380 e. The molecule has 1 heterocycles. The molecule has 0 spiro atoms. The van der Waals surface area contributed by atoms with Gasteiger partial charge in [-0.1, -0.05) is 0 Å². The third kappa shape index (κ3) is 4.72. The minimum Gasteiger partial charge on any atom is -0.380 e. The fourth-order valence-electron chi connectivity index (χ4n) is 1.88. The van der Waals surface area contributed by atoms with E-state index in [1.165, 1.54) is 18.4 Å². The van der Waals surface area contributed by atoms with Crippen LogP contribution in [0.15, 0.2) is 18.3 Å². The van der Waals surface area contributed by atoms with E-state index in [1.54, 1.807) is 0 Å². The maximum absolute atomic E-state index is 5.64. The molecule has 0 amide bonds. The molecule has 4 nitrogen and oxygen atoms in total. The molecule has 1 fully saturated rings. The van der Waals surface area contributed by atoms with Gasteiger partial charge in [0.1, 0.15) is 0 Å². The predicted molar refractivity (Wildman–Crippen MR) is 72.0 cm³/mol. The van der Waals surface area contributed by atoms with E-state index in [0.29, 0.717) is 6.54 Å². The molecule has 1 aliphatic carbocycles. The molecule has 0 saturated heterocycles. The Morgan fingerprint density at radius 2 is 2.33 bits per heavy atom. The van der Waals surface area contributed by atoms with Gasteiger partial charge in [-0.15, -0.1) is 0 Å². The highest BCUT2D eigenvalue weighted by atomic mass is 16.5. The van der Waals surface area contributed by atoms with Crippen molar-refractivity contribution < 1.29 is 4.74 Å². The topological polar surface area (TPSA) is 51.4 Å². The normalized spacial score (nSPS) is 15.3. The number of hydrogen-bond acceptors (Lipinski definition) is 4. The first-order chi connectivity index (χ1) is 8.78. The lowest BCUT2D eigenvalue weighted by molar-refractivity contribution is 0.102. The molecule has 0 aliphatic heterocycles. The van der Waals surface area contributed by atoms with Crippen LogP contribution in [0.25, 0.3) is 0 Å². The second-order valence-corrected chi connectivity index (χ2v) is 5.12. The summed E-state index contributed by atoms with van der Waals surface area (Å²) in [5.41, 5.74) is 7.80. The van der Waals surface area contributed by atoms with Crippen LogP contribution >= 0.6 is 0 Å². The zero-order valence-electron chi connectivity index (χ0n) is 11.1. The Kier molecular flexibility index (Phi) is 5.11. The van der Waals surface area contributed by atoms with Crippen LogP contribution in [0, 0.1) is 5.92 Å². The van der Waals surface area contributed by atoms with Crippen molar-refractivity contribution in [3.05, 3.63) is 29.6 Å². The summed E-state index contributed by atoms with van der Waals surface area (Å²) in [5.74, 6) is 0.850. The summed E-state index contributed by atoms with van der Waals surface area (Å²) < 4.78 is 5.64. The van der Waals surface area contributed by atoms with Crippen LogP contribution in [0.3, 0.4) is 0 Å². The van der Waals surface area contributed by atoms with Gasteiger partial charge in [-0.2, -0.15) is 0 Å².